The van der Waals surface area contributed by atoms with Crippen molar-refractivity contribution in [1.82, 2.24) is 4.98 Å². The SMILES string of the molecule is NC(=NC=NC1CCCCO1)c1ccc(COCc2ccc(Cl)cc2)cn1. The molecular weight excluding hydrogens is 364 g/mol. The molecule has 1 fully saturated rings. The number of amidine groups is 1. The first kappa shape index (κ1) is 19.5. The Hall–Kier alpha value is -2.28. The predicted octanol–water partition coefficient (Wildman–Crippen LogP) is 3.71. The van der Waals surface area contributed by atoms with E-state index >= 15 is 0 Å². The van der Waals surface area contributed by atoms with Gasteiger partial charge in [0.05, 0.1) is 13.2 Å². The molecule has 1 aromatic carbocycles. The highest BCUT2D eigenvalue weighted by molar-refractivity contribution is 6.30. The molecule has 6 nitrogen and oxygen atoms in total. The molecule has 2 aromatic rings. The van der Waals surface area contributed by atoms with E-state index < -0.39 is 0 Å². The van der Waals surface area contributed by atoms with Gasteiger partial charge < -0.3 is 15.2 Å². The third-order valence-corrected chi connectivity index (χ3v) is 4.38. The van der Waals surface area contributed by atoms with Crippen molar-refractivity contribution in [2.24, 2.45) is 15.7 Å². The Kier molecular flexibility index (Phi) is 7.33. The van der Waals surface area contributed by atoms with E-state index in [1.165, 1.54) is 6.34 Å². The summed E-state index contributed by atoms with van der Waals surface area (Å²) in [5.41, 5.74) is 8.60. The summed E-state index contributed by atoms with van der Waals surface area (Å²) < 4.78 is 11.2. The molecule has 2 N–H and O–H groups in total. The van der Waals surface area contributed by atoms with Crippen LogP contribution in [0.2, 0.25) is 5.02 Å². The first-order valence-corrected chi connectivity index (χ1v) is 9.32. The van der Waals surface area contributed by atoms with Crippen molar-refractivity contribution in [3.63, 3.8) is 0 Å². The summed E-state index contributed by atoms with van der Waals surface area (Å²) in [6.45, 7) is 1.74. The molecule has 27 heavy (non-hydrogen) atoms. The lowest BCUT2D eigenvalue weighted by Crippen LogP contribution is -2.18. The highest BCUT2D eigenvalue weighted by Crippen LogP contribution is 2.13. The number of ether oxygens (including phenoxy) is 2. The van der Waals surface area contributed by atoms with E-state index in [0.29, 0.717) is 29.8 Å². The second kappa shape index (κ2) is 10.2. The zero-order valence-electron chi connectivity index (χ0n) is 15.1. The molecule has 7 heteroatoms. The van der Waals surface area contributed by atoms with Gasteiger partial charge >= 0.3 is 0 Å². The van der Waals surface area contributed by atoms with Crippen molar-refractivity contribution < 1.29 is 9.47 Å². The van der Waals surface area contributed by atoms with Crippen molar-refractivity contribution in [3.05, 3.63) is 64.4 Å². The van der Waals surface area contributed by atoms with Crippen molar-refractivity contribution in [1.29, 1.82) is 0 Å². The van der Waals surface area contributed by atoms with Crippen molar-refractivity contribution >= 4 is 23.8 Å². The molecular formula is C20H23ClN4O2. The number of rotatable bonds is 7. The van der Waals surface area contributed by atoms with Crippen molar-refractivity contribution in [3.8, 4) is 0 Å². The average molecular weight is 387 g/mol. The number of pyridine rings is 1. The molecule has 2 heterocycles. The Morgan fingerprint density at radius 1 is 1.19 bits per heavy atom. The van der Waals surface area contributed by atoms with Crippen molar-refractivity contribution in [2.75, 3.05) is 6.61 Å². The maximum Gasteiger partial charge on any atom is 0.151 e. The van der Waals surface area contributed by atoms with E-state index in [0.717, 1.165) is 37.0 Å². The van der Waals surface area contributed by atoms with E-state index in [9.17, 15) is 0 Å². The van der Waals surface area contributed by atoms with Gasteiger partial charge in [0.15, 0.2) is 5.84 Å². The molecule has 0 amide bonds. The van der Waals surface area contributed by atoms with Gasteiger partial charge in [-0.25, -0.2) is 9.98 Å². The first-order chi connectivity index (χ1) is 13.2. The zero-order chi connectivity index (χ0) is 18.9. The number of aliphatic imine (C=N–C) groups is 2. The minimum atomic E-state index is -0.108. The lowest BCUT2D eigenvalue weighted by atomic mass is 10.2. The molecule has 1 unspecified atom stereocenters. The van der Waals surface area contributed by atoms with Crippen LogP contribution in [0.25, 0.3) is 0 Å². The summed E-state index contributed by atoms with van der Waals surface area (Å²) in [6.07, 6.45) is 6.23. The molecule has 1 aliphatic heterocycles. The maximum absolute atomic E-state index is 5.96. The summed E-state index contributed by atoms with van der Waals surface area (Å²) in [7, 11) is 0. The molecule has 0 spiro atoms. The molecule has 1 saturated heterocycles. The van der Waals surface area contributed by atoms with E-state index in [-0.39, 0.29) is 6.23 Å². The molecule has 0 aliphatic carbocycles. The van der Waals surface area contributed by atoms with Gasteiger partial charge in [0.1, 0.15) is 18.3 Å². The van der Waals surface area contributed by atoms with Crippen LogP contribution in [0.5, 0.6) is 0 Å². The van der Waals surface area contributed by atoms with E-state index in [1.807, 2.05) is 36.4 Å². The zero-order valence-corrected chi connectivity index (χ0v) is 15.8. The summed E-state index contributed by atoms with van der Waals surface area (Å²) in [5.74, 6) is 0.322. The Morgan fingerprint density at radius 3 is 2.67 bits per heavy atom. The van der Waals surface area contributed by atoms with E-state index in [4.69, 9.17) is 26.8 Å². The van der Waals surface area contributed by atoms with Crippen LogP contribution >= 0.6 is 11.6 Å². The second-order valence-electron chi connectivity index (χ2n) is 6.27. The highest BCUT2D eigenvalue weighted by Gasteiger charge is 2.10. The van der Waals surface area contributed by atoms with Crippen LogP contribution in [-0.2, 0) is 22.7 Å². The van der Waals surface area contributed by atoms with Crippen LogP contribution < -0.4 is 5.73 Å². The van der Waals surface area contributed by atoms with Gasteiger partial charge in [-0.15, -0.1) is 0 Å². The minimum absolute atomic E-state index is 0.108. The Bertz CT molecular complexity index is 770. The lowest BCUT2D eigenvalue weighted by molar-refractivity contribution is 0.0226. The maximum atomic E-state index is 5.96. The van der Waals surface area contributed by atoms with Crippen molar-refractivity contribution in [2.45, 2.75) is 38.7 Å². The molecule has 1 aromatic heterocycles. The number of benzene rings is 1. The Balaban J connectivity index is 1.47. The summed E-state index contributed by atoms with van der Waals surface area (Å²) in [4.78, 5) is 12.8. The molecule has 0 bridgehead atoms. The molecule has 1 aliphatic rings. The average Bonchev–Trinajstić information content (AvgIpc) is 2.71. The molecule has 3 rings (SSSR count). The number of nitrogens with zero attached hydrogens (tertiary/aromatic N) is 3. The van der Waals surface area contributed by atoms with Gasteiger partial charge in [0.25, 0.3) is 0 Å². The van der Waals surface area contributed by atoms with Crippen LogP contribution in [-0.4, -0.2) is 30.0 Å². The van der Waals surface area contributed by atoms with Gasteiger partial charge in [-0.3, -0.25) is 4.98 Å². The summed E-state index contributed by atoms with van der Waals surface area (Å²) in [6, 6.07) is 11.3. The smallest absolute Gasteiger partial charge is 0.151 e. The van der Waals surface area contributed by atoms with Crippen LogP contribution in [0.3, 0.4) is 0 Å². The number of aromatic nitrogens is 1. The quantitative estimate of drug-likeness (QED) is 0.580. The first-order valence-electron chi connectivity index (χ1n) is 8.95. The van der Waals surface area contributed by atoms with Crippen LogP contribution in [0.1, 0.15) is 36.1 Å². The van der Waals surface area contributed by atoms with Gasteiger partial charge in [0.2, 0.25) is 0 Å². The topological polar surface area (TPSA) is 82.1 Å². The monoisotopic (exact) mass is 386 g/mol. The van der Waals surface area contributed by atoms with Crippen LogP contribution in [0, 0.1) is 0 Å². The van der Waals surface area contributed by atoms with Gasteiger partial charge in [-0.1, -0.05) is 29.8 Å². The largest absolute Gasteiger partial charge is 0.382 e. The number of hydrogen-bond acceptors (Lipinski definition) is 4. The van der Waals surface area contributed by atoms with Gasteiger partial charge in [0, 0.05) is 17.8 Å². The number of hydrogen-bond donors (Lipinski definition) is 1. The summed E-state index contributed by atoms with van der Waals surface area (Å²) >= 11 is 5.87. The van der Waals surface area contributed by atoms with E-state index in [2.05, 4.69) is 15.0 Å². The Labute approximate surface area is 164 Å². The molecule has 142 valence electrons. The fourth-order valence-corrected chi connectivity index (χ4v) is 2.73. The third-order valence-electron chi connectivity index (χ3n) is 4.12. The standard InChI is InChI=1S/C20H23ClN4O2/c21-17-7-4-15(5-8-17)12-26-13-16-6-9-18(23-11-16)20(22)25-14-24-19-3-1-2-10-27-19/h4-9,11,14,19H,1-3,10,12-13H2,(H2,22,24,25). The fraction of sp³-hybridized carbons (Fsp3) is 0.350. The predicted molar refractivity (Wildman–Crippen MR) is 107 cm³/mol. The van der Waals surface area contributed by atoms with Gasteiger partial charge in [-0.05, 0) is 48.6 Å². The normalized spacial score (nSPS) is 18.1. The van der Waals surface area contributed by atoms with Crippen LogP contribution in [0.4, 0.5) is 0 Å². The Morgan fingerprint density at radius 2 is 1.96 bits per heavy atom. The minimum Gasteiger partial charge on any atom is -0.382 e. The fourth-order valence-electron chi connectivity index (χ4n) is 2.61. The third kappa shape index (κ3) is 6.43. The highest BCUT2D eigenvalue weighted by atomic mass is 35.5. The molecule has 0 saturated carbocycles. The summed E-state index contributed by atoms with van der Waals surface area (Å²) in [5, 5.41) is 0.717. The molecule has 0 radical (unpaired) electrons. The van der Waals surface area contributed by atoms with Gasteiger partial charge in [-0.2, -0.15) is 0 Å². The molecule has 1 atom stereocenters. The lowest BCUT2D eigenvalue weighted by Gasteiger charge is -2.17. The number of halogens is 1. The second-order valence-corrected chi connectivity index (χ2v) is 6.71. The van der Waals surface area contributed by atoms with Crippen LogP contribution in [0.15, 0.2) is 52.6 Å². The number of nitrogens with two attached hydrogens (primary N) is 1. The van der Waals surface area contributed by atoms with E-state index in [1.54, 1.807) is 6.20 Å².